The summed E-state index contributed by atoms with van der Waals surface area (Å²) in [5, 5.41) is 2.71. The average molecular weight is 235 g/mol. The fourth-order valence-corrected chi connectivity index (χ4v) is 2.88. The van der Waals surface area contributed by atoms with E-state index in [0.717, 1.165) is 31.2 Å². The first kappa shape index (κ1) is 12.1. The smallest absolute Gasteiger partial charge is 0.235 e. The number of halogens is 1. The van der Waals surface area contributed by atoms with Gasteiger partial charge in [-0.3, -0.25) is 4.79 Å². The van der Waals surface area contributed by atoms with E-state index in [-0.39, 0.29) is 11.7 Å². The number of rotatable bonds is 4. The molecule has 0 spiro atoms. The summed E-state index contributed by atoms with van der Waals surface area (Å²) >= 11 is 0. The lowest BCUT2D eigenvalue weighted by atomic mass is 9.74. The highest BCUT2D eigenvalue weighted by Crippen LogP contribution is 2.45. The lowest BCUT2D eigenvalue weighted by Crippen LogP contribution is -2.34. The zero-order valence-electron chi connectivity index (χ0n) is 10.3. The van der Waals surface area contributed by atoms with Gasteiger partial charge in [0.05, 0.1) is 11.1 Å². The summed E-state index contributed by atoms with van der Waals surface area (Å²) < 4.78 is 13.7. The van der Waals surface area contributed by atoms with Gasteiger partial charge in [0.15, 0.2) is 0 Å². The highest BCUT2D eigenvalue weighted by Gasteiger charge is 2.45. The van der Waals surface area contributed by atoms with Crippen molar-refractivity contribution >= 4 is 11.6 Å². The maximum absolute atomic E-state index is 13.7. The van der Waals surface area contributed by atoms with Crippen molar-refractivity contribution in [2.75, 3.05) is 5.32 Å². The molecule has 0 saturated carbocycles. The van der Waals surface area contributed by atoms with Crippen LogP contribution in [0.1, 0.15) is 45.1 Å². The van der Waals surface area contributed by atoms with Gasteiger partial charge < -0.3 is 5.32 Å². The number of carbonyl (C=O) groups is 1. The lowest BCUT2D eigenvalue weighted by molar-refractivity contribution is -0.121. The van der Waals surface area contributed by atoms with Gasteiger partial charge in [-0.05, 0) is 24.5 Å². The van der Waals surface area contributed by atoms with Crippen molar-refractivity contribution in [3.63, 3.8) is 0 Å². The van der Waals surface area contributed by atoms with Crippen molar-refractivity contribution in [3.8, 4) is 0 Å². The van der Waals surface area contributed by atoms with Crippen LogP contribution in [0.5, 0.6) is 0 Å². The molecule has 0 radical (unpaired) electrons. The van der Waals surface area contributed by atoms with Gasteiger partial charge in [0.2, 0.25) is 5.91 Å². The fourth-order valence-electron chi connectivity index (χ4n) is 2.88. The number of hydrogen-bond acceptors (Lipinski definition) is 1. The molecule has 1 aromatic rings. The number of nitrogens with one attached hydrogen (secondary N) is 1. The van der Waals surface area contributed by atoms with Gasteiger partial charge >= 0.3 is 0 Å². The minimum Gasteiger partial charge on any atom is -0.323 e. The number of amides is 1. The Bertz CT molecular complexity index is 436. The summed E-state index contributed by atoms with van der Waals surface area (Å²) in [6.07, 6.45) is 3.40. The van der Waals surface area contributed by atoms with Gasteiger partial charge in [-0.15, -0.1) is 0 Å². The molecule has 0 aromatic heterocycles. The molecular weight excluding hydrogens is 217 g/mol. The van der Waals surface area contributed by atoms with Crippen LogP contribution in [-0.4, -0.2) is 5.91 Å². The molecule has 2 rings (SSSR count). The second-order valence-electron chi connectivity index (χ2n) is 4.70. The molecule has 1 aromatic carbocycles. The molecule has 1 heterocycles. The molecule has 1 aliphatic rings. The standard InChI is InChI=1S/C14H18FNO/c1-3-8-14(9-4-2)10-6-5-7-11(15)12(10)16-13(14)17/h5-7H,3-4,8-9H2,1-2H3,(H,16,17). The Morgan fingerprint density at radius 2 is 1.88 bits per heavy atom. The van der Waals surface area contributed by atoms with Crippen LogP contribution in [0.25, 0.3) is 0 Å². The molecule has 0 aliphatic carbocycles. The van der Waals surface area contributed by atoms with E-state index >= 15 is 0 Å². The molecule has 0 atom stereocenters. The quantitative estimate of drug-likeness (QED) is 0.848. The molecule has 1 aliphatic heterocycles. The van der Waals surface area contributed by atoms with E-state index in [2.05, 4.69) is 19.2 Å². The van der Waals surface area contributed by atoms with Gasteiger partial charge in [-0.2, -0.15) is 0 Å². The van der Waals surface area contributed by atoms with Crippen molar-refractivity contribution in [3.05, 3.63) is 29.6 Å². The van der Waals surface area contributed by atoms with Crippen molar-refractivity contribution in [2.24, 2.45) is 0 Å². The largest absolute Gasteiger partial charge is 0.323 e. The number of carbonyl (C=O) groups excluding carboxylic acids is 1. The normalized spacial score (nSPS) is 16.8. The van der Waals surface area contributed by atoms with Gasteiger partial charge in [0.25, 0.3) is 0 Å². The third-order valence-corrected chi connectivity index (χ3v) is 3.56. The van der Waals surface area contributed by atoms with Gasteiger partial charge in [-0.25, -0.2) is 4.39 Å². The summed E-state index contributed by atoms with van der Waals surface area (Å²) in [7, 11) is 0. The Hall–Kier alpha value is -1.38. The zero-order valence-corrected chi connectivity index (χ0v) is 10.3. The molecule has 3 heteroatoms. The van der Waals surface area contributed by atoms with E-state index in [0.29, 0.717) is 5.69 Å². The van der Waals surface area contributed by atoms with Crippen molar-refractivity contribution in [1.29, 1.82) is 0 Å². The van der Waals surface area contributed by atoms with E-state index in [1.807, 2.05) is 6.07 Å². The van der Waals surface area contributed by atoms with E-state index < -0.39 is 5.41 Å². The van der Waals surface area contributed by atoms with Crippen molar-refractivity contribution in [2.45, 2.75) is 44.9 Å². The predicted octanol–water partition coefficient (Wildman–Crippen LogP) is 3.62. The Kier molecular flexibility index (Phi) is 3.18. The number of fused-ring (bicyclic) bond motifs is 1. The lowest BCUT2D eigenvalue weighted by Gasteiger charge is -2.26. The fraction of sp³-hybridized carbons (Fsp3) is 0.500. The van der Waals surface area contributed by atoms with Crippen LogP contribution in [0.3, 0.4) is 0 Å². The second-order valence-corrected chi connectivity index (χ2v) is 4.70. The molecule has 1 N–H and O–H groups in total. The monoisotopic (exact) mass is 235 g/mol. The molecule has 2 nitrogen and oxygen atoms in total. The SMILES string of the molecule is CCCC1(CCC)C(=O)Nc2c(F)cccc21. The molecule has 0 saturated heterocycles. The summed E-state index contributed by atoms with van der Waals surface area (Å²) in [5.41, 5.74) is 0.714. The summed E-state index contributed by atoms with van der Waals surface area (Å²) in [6, 6.07) is 4.96. The first-order chi connectivity index (χ1) is 8.15. The number of anilines is 1. The Morgan fingerprint density at radius 3 is 2.47 bits per heavy atom. The predicted molar refractivity (Wildman–Crippen MR) is 66.5 cm³/mol. The van der Waals surface area contributed by atoms with E-state index in [1.165, 1.54) is 6.07 Å². The molecule has 92 valence electrons. The molecule has 0 unspecified atom stereocenters. The summed E-state index contributed by atoms with van der Waals surface area (Å²) in [4.78, 5) is 12.2. The first-order valence-electron chi connectivity index (χ1n) is 6.26. The first-order valence-corrected chi connectivity index (χ1v) is 6.26. The molecular formula is C14H18FNO. The van der Waals surface area contributed by atoms with E-state index in [1.54, 1.807) is 6.07 Å². The van der Waals surface area contributed by atoms with Gasteiger partial charge in [-0.1, -0.05) is 38.8 Å². The Balaban J connectivity index is 2.54. The van der Waals surface area contributed by atoms with Gasteiger partial charge in [0.1, 0.15) is 5.82 Å². The molecule has 0 fully saturated rings. The maximum Gasteiger partial charge on any atom is 0.235 e. The highest BCUT2D eigenvalue weighted by atomic mass is 19.1. The summed E-state index contributed by atoms with van der Waals surface area (Å²) in [5.74, 6) is -0.369. The topological polar surface area (TPSA) is 29.1 Å². The van der Waals surface area contributed by atoms with Crippen LogP contribution in [0.2, 0.25) is 0 Å². The zero-order chi connectivity index (χ0) is 12.5. The third-order valence-electron chi connectivity index (χ3n) is 3.56. The Labute approximate surface area is 101 Å². The number of benzene rings is 1. The molecule has 17 heavy (non-hydrogen) atoms. The van der Waals surface area contributed by atoms with Crippen molar-refractivity contribution < 1.29 is 9.18 Å². The van der Waals surface area contributed by atoms with Crippen LogP contribution in [0.4, 0.5) is 10.1 Å². The average Bonchev–Trinajstić information content (AvgIpc) is 2.56. The molecule has 1 amide bonds. The Morgan fingerprint density at radius 1 is 1.24 bits per heavy atom. The molecule has 0 bridgehead atoms. The highest BCUT2D eigenvalue weighted by molar-refractivity contribution is 6.06. The minimum atomic E-state index is -0.513. The van der Waals surface area contributed by atoms with E-state index in [9.17, 15) is 9.18 Å². The van der Waals surface area contributed by atoms with Crippen LogP contribution in [0.15, 0.2) is 18.2 Å². The maximum atomic E-state index is 13.7. The number of hydrogen-bond donors (Lipinski definition) is 1. The minimum absolute atomic E-state index is 0.0405. The van der Waals surface area contributed by atoms with Crippen LogP contribution in [0, 0.1) is 5.82 Å². The van der Waals surface area contributed by atoms with Gasteiger partial charge in [0, 0.05) is 0 Å². The third kappa shape index (κ3) is 1.74. The number of para-hydroxylation sites is 1. The van der Waals surface area contributed by atoms with Crippen LogP contribution in [-0.2, 0) is 10.2 Å². The van der Waals surface area contributed by atoms with Crippen LogP contribution < -0.4 is 5.32 Å². The van der Waals surface area contributed by atoms with Crippen molar-refractivity contribution in [1.82, 2.24) is 0 Å². The van der Waals surface area contributed by atoms with Crippen LogP contribution >= 0.6 is 0 Å². The summed E-state index contributed by atoms with van der Waals surface area (Å²) in [6.45, 7) is 4.12. The van der Waals surface area contributed by atoms with E-state index in [4.69, 9.17) is 0 Å². The second kappa shape index (κ2) is 4.47.